The molecule has 14 nitrogen and oxygen atoms in total. The SMILES string of the molecule is C[C@H]1O[C@@H](O[C@@H]2[C@@H](O)[C@H]([NH3+])C[C@H]([NH3+])[C@H]2O[C@H]2O[C@H](C[NH3+])[C@@H](O)[C@H](O)[C@H]2[NH3+])[C@H](O)[C@@H](O)[C@@H]1[NH3+].[Cl-].[Cl-].[Cl-].[Cl-].[Cl-]. The van der Waals surface area contributed by atoms with Gasteiger partial charge in [-0.2, -0.15) is 0 Å². The number of aliphatic hydroxyl groups excluding tert-OH is 5. The largest absolute Gasteiger partial charge is 1.00 e. The summed E-state index contributed by atoms with van der Waals surface area (Å²) in [5, 5.41) is 52.1. The molecule has 19 heteroatoms. The second kappa shape index (κ2) is 17.6. The van der Waals surface area contributed by atoms with E-state index < -0.39 is 85.6 Å². The van der Waals surface area contributed by atoms with E-state index in [2.05, 4.69) is 28.7 Å². The van der Waals surface area contributed by atoms with E-state index in [4.69, 9.17) is 18.9 Å². The van der Waals surface area contributed by atoms with Gasteiger partial charge in [-0.15, -0.1) is 0 Å². The predicted octanol–water partition coefficient (Wildman–Crippen LogP) is -24.9. The zero-order valence-corrected chi connectivity index (χ0v) is 24.1. The van der Waals surface area contributed by atoms with Crippen molar-refractivity contribution in [1.82, 2.24) is 0 Å². The number of ether oxygens (including phenoxy) is 4. The summed E-state index contributed by atoms with van der Waals surface area (Å²) in [6.45, 7) is 1.91. The van der Waals surface area contributed by atoms with Crippen LogP contribution >= 0.6 is 0 Å². The number of quaternary nitrogens is 5. The van der Waals surface area contributed by atoms with Gasteiger partial charge in [0.25, 0.3) is 0 Å². The summed E-state index contributed by atoms with van der Waals surface area (Å²) in [6, 6.07) is -2.17. The van der Waals surface area contributed by atoms with Gasteiger partial charge in [0.05, 0.1) is 6.42 Å². The average Bonchev–Trinajstić information content (AvgIpc) is 2.76. The van der Waals surface area contributed by atoms with Crippen molar-refractivity contribution in [2.75, 3.05) is 6.54 Å². The first kappa shape index (κ1) is 42.4. The summed E-state index contributed by atoms with van der Waals surface area (Å²) in [5.41, 5.74) is 19.5. The van der Waals surface area contributed by atoms with Crippen molar-refractivity contribution in [2.45, 2.75) is 105 Å². The molecule has 0 spiro atoms. The van der Waals surface area contributed by atoms with Crippen molar-refractivity contribution in [3.05, 3.63) is 0 Å². The Morgan fingerprint density at radius 3 is 1.70 bits per heavy atom. The van der Waals surface area contributed by atoms with Crippen LogP contribution in [0.25, 0.3) is 0 Å². The van der Waals surface area contributed by atoms with E-state index in [0.29, 0.717) is 6.42 Å². The molecular formula is C18H42Cl5N5O9. The summed E-state index contributed by atoms with van der Waals surface area (Å²) in [6.07, 6.45) is -10.9. The van der Waals surface area contributed by atoms with Gasteiger partial charge in [0.2, 0.25) is 6.29 Å². The molecule has 1 aliphatic carbocycles. The van der Waals surface area contributed by atoms with E-state index in [1.54, 1.807) is 6.92 Å². The Morgan fingerprint density at radius 1 is 0.649 bits per heavy atom. The van der Waals surface area contributed by atoms with E-state index in [1.165, 1.54) is 0 Å². The van der Waals surface area contributed by atoms with Gasteiger partial charge in [0.1, 0.15) is 79.6 Å². The van der Waals surface area contributed by atoms with Crippen LogP contribution in [0.15, 0.2) is 0 Å². The van der Waals surface area contributed by atoms with Gasteiger partial charge in [-0.25, -0.2) is 0 Å². The first-order valence-electron chi connectivity index (χ1n) is 11.1. The monoisotopic (exact) mass is 647 g/mol. The fourth-order valence-electron chi connectivity index (χ4n) is 4.61. The number of hydrogen-bond donors (Lipinski definition) is 10. The van der Waals surface area contributed by atoms with Crippen LogP contribution < -0.4 is 90.7 Å². The van der Waals surface area contributed by atoms with Gasteiger partial charge in [-0.3, -0.25) is 0 Å². The van der Waals surface area contributed by atoms with Crippen LogP contribution in [0.5, 0.6) is 0 Å². The number of aliphatic hydroxyl groups is 5. The smallest absolute Gasteiger partial charge is 0.214 e. The molecule has 0 amide bonds. The third-order valence-corrected chi connectivity index (χ3v) is 6.93. The Kier molecular flexibility index (Phi) is 20.2. The minimum Gasteiger partial charge on any atom is -1.00 e. The second-order valence-electron chi connectivity index (χ2n) is 9.28. The molecule has 0 bridgehead atoms. The van der Waals surface area contributed by atoms with Crippen molar-refractivity contribution in [3.63, 3.8) is 0 Å². The van der Waals surface area contributed by atoms with Crippen LogP contribution in [-0.4, -0.2) is 124 Å². The quantitative estimate of drug-likeness (QED) is 0.135. The van der Waals surface area contributed by atoms with E-state index in [1.807, 2.05) is 0 Å². The standard InChI is InChI=1S/C18H37N5O9.5ClH/c1-4-8(22)12(26)14(28)18(29-4)32-16-10(24)5(20)2-6(21)15(16)31-17-9(23)13(27)11(25)7(3-19)30-17;;;;;/h4-18,24-28H,2-3,19-23H2,1H3;5*1H/t4-,5-,6+,7-,8-,9-,10+,11-,12+,13-,14-,15-,16-,17-,18+;;;;;/m1...../s1. The topological polar surface area (TPSA) is 276 Å². The van der Waals surface area contributed by atoms with E-state index >= 15 is 0 Å². The zero-order valence-electron chi connectivity index (χ0n) is 20.4. The number of hydrogen-bond acceptors (Lipinski definition) is 9. The molecule has 0 aromatic heterocycles. The molecule has 3 rings (SSSR count). The van der Waals surface area contributed by atoms with Gasteiger partial charge in [-0.1, -0.05) is 0 Å². The Hall–Kier alpha value is 0.890. The van der Waals surface area contributed by atoms with Gasteiger partial charge in [-0.05, 0) is 6.92 Å². The summed E-state index contributed by atoms with van der Waals surface area (Å²) in [4.78, 5) is 0. The van der Waals surface area contributed by atoms with Gasteiger partial charge in [0.15, 0.2) is 12.3 Å². The summed E-state index contributed by atoms with van der Waals surface area (Å²) in [7, 11) is 0. The van der Waals surface area contributed by atoms with Crippen LogP contribution in [0, 0.1) is 0 Å². The van der Waals surface area contributed by atoms with E-state index in [-0.39, 0.29) is 74.6 Å². The van der Waals surface area contributed by atoms with Crippen molar-refractivity contribution in [1.29, 1.82) is 0 Å². The van der Waals surface area contributed by atoms with Crippen LogP contribution in [0.4, 0.5) is 0 Å². The first-order valence-corrected chi connectivity index (χ1v) is 11.1. The Morgan fingerprint density at radius 2 is 1.16 bits per heavy atom. The third kappa shape index (κ3) is 8.94. The second-order valence-corrected chi connectivity index (χ2v) is 9.28. The molecule has 15 atom stereocenters. The van der Waals surface area contributed by atoms with Crippen LogP contribution in [0.3, 0.4) is 0 Å². The molecule has 37 heavy (non-hydrogen) atoms. The summed E-state index contributed by atoms with van der Waals surface area (Å²) >= 11 is 0. The van der Waals surface area contributed by atoms with Crippen LogP contribution in [-0.2, 0) is 18.9 Å². The molecule has 3 aliphatic rings. The van der Waals surface area contributed by atoms with Crippen molar-refractivity contribution in [2.24, 2.45) is 0 Å². The van der Waals surface area contributed by atoms with Crippen molar-refractivity contribution >= 4 is 0 Å². The van der Waals surface area contributed by atoms with E-state index in [9.17, 15) is 25.5 Å². The number of rotatable bonds is 5. The third-order valence-electron chi connectivity index (χ3n) is 6.93. The zero-order chi connectivity index (χ0) is 23.9. The van der Waals surface area contributed by atoms with Gasteiger partial charge < -0.3 is 135 Å². The molecular weight excluding hydrogens is 607 g/mol. The molecule has 1 saturated carbocycles. The first-order chi connectivity index (χ1) is 15.0. The van der Waals surface area contributed by atoms with Crippen molar-refractivity contribution < 1.29 is 135 Å². The van der Waals surface area contributed by atoms with Crippen LogP contribution in [0.1, 0.15) is 13.3 Å². The molecule has 0 radical (unpaired) electrons. The molecule has 20 N–H and O–H groups in total. The molecule has 0 aromatic rings. The maximum absolute atomic E-state index is 10.9. The maximum Gasteiger partial charge on any atom is 0.214 e. The van der Waals surface area contributed by atoms with Crippen molar-refractivity contribution in [3.8, 4) is 0 Å². The lowest BCUT2D eigenvalue weighted by atomic mass is 9.84. The van der Waals surface area contributed by atoms with Gasteiger partial charge >= 0.3 is 0 Å². The summed E-state index contributed by atoms with van der Waals surface area (Å²) < 4.78 is 23.6. The maximum atomic E-state index is 10.9. The minimum absolute atomic E-state index is 0. The highest BCUT2D eigenvalue weighted by atomic mass is 35.5. The molecule has 3 fully saturated rings. The molecule has 0 unspecified atom stereocenters. The molecule has 228 valence electrons. The van der Waals surface area contributed by atoms with Gasteiger partial charge in [0, 0.05) is 0 Å². The Labute approximate surface area is 246 Å². The lowest BCUT2D eigenvalue weighted by Crippen LogP contribution is -3.00. The Balaban J connectivity index is -0.00000231. The van der Waals surface area contributed by atoms with Crippen LogP contribution in [0.2, 0.25) is 0 Å². The predicted molar refractivity (Wildman–Crippen MR) is 102 cm³/mol. The molecule has 2 saturated heterocycles. The highest BCUT2D eigenvalue weighted by Crippen LogP contribution is 2.30. The number of halogens is 5. The highest BCUT2D eigenvalue weighted by Gasteiger charge is 2.54. The van der Waals surface area contributed by atoms with E-state index in [0.717, 1.165) is 0 Å². The fraction of sp³-hybridized carbons (Fsp3) is 1.00. The lowest BCUT2D eigenvalue weighted by Gasteiger charge is -2.45. The molecule has 2 aliphatic heterocycles. The normalized spacial score (nSPS) is 47.6. The highest BCUT2D eigenvalue weighted by molar-refractivity contribution is 4.97. The minimum atomic E-state index is -1.38. The average molecular weight is 650 g/mol. The lowest BCUT2D eigenvalue weighted by molar-refractivity contribution is -0.539. The summed E-state index contributed by atoms with van der Waals surface area (Å²) in [5.74, 6) is 0. The molecule has 0 aromatic carbocycles. The fourth-order valence-corrected chi connectivity index (χ4v) is 4.61. The molecule has 2 heterocycles. The Bertz CT molecular complexity index is 643.